The molecule has 2 amide bonds. The molecule has 0 aromatic heterocycles. The Morgan fingerprint density at radius 1 is 1.32 bits per heavy atom. The molecule has 7 heteroatoms. The molecule has 0 aromatic carbocycles. The van der Waals surface area contributed by atoms with Crippen molar-refractivity contribution in [3.8, 4) is 0 Å². The van der Waals surface area contributed by atoms with Crippen molar-refractivity contribution >= 4 is 12.0 Å². The standard InChI is InChI=1S/C12H21N3O4/c1-7(16)10(11(17)18)14-12(19)13-8-4-5-15(6-8)9-2-3-9/h7-10,16H,2-6H2,1H3,(H,17,18)(H2,13,14,19). The number of carbonyl (C=O) groups excluding carboxylic acids is 1. The predicted octanol–water partition coefficient (Wildman–Crippen LogP) is -0.644. The summed E-state index contributed by atoms with van der Waals surface area (Å²) in [5.41, 5.74) is 0. The summed E-state index contributed by atoms with van der Waals surface area (Å²) in [5.74, 6) is -1.24. The largest absolute Gasteiger partial charge is 0.480 e. The summed E-state index contributed by atoms with van der Waals surface area (Å²) in [5, 5.41) is 23.2. The highest BCUT2D eigenvalue weighted by molar-refractivity contribution is 5.83. The van der Waals surface area contributed by atoms with E-state index in [1.54, 1.807) is 0 Å². The van der Waals surface area contributed by atoms with Crippen LogP contribution in [0.4, 0.5) is 4.79 Å². The van der Waals surface area contributed by atoms with E-state index in [0.29, 0.717) is 6.04 Å². The van der Waals surface area contributed by atoms with Gasteiger partial charge < -0.3 is 20.8 Å². The molecule has 1 aliphatic carbocycles. The average Bonchev–Trinajstić information content (AvgIpc) is 3.07. The minimum Gasteiger partial charge on any atom is -0.480 e. The van der Waals surface area contributed by atoms with Gasteiger partial charge in [0.15, 0.2) is 6.04 Å². The van der Waals surface area contributed by atoms with Crippen molar-refractivity contribution in [3.05, 3.63) is 0 Å². The van der Waals surface area contributed by atoms with Gasteiger partial charge in [0.25, 0.3) is 0 Å². The highest BCUT2D eigenvalue weighted by Crippen LogP contribution is 2.29. The average molecular weight is 271 g/mol. The van der Waals surface area contributed by atoms with Crippen molar-refractivity contribution < 1.29 is 19.8 Å². The van der Waals surface area contributed by atoms with E-state index in [-0.39, 0.29) is 6.04 Å². The molecule has 3 unspecified atom stereocenters. The number of carboxylic acid groups (broad SMARTS) is 1. The Morgan fingerprint density at radius 3 is 2.53 bits per heavy atom. The third kappa shape index (κ3) is 3.81. The Balaban J connectivity index is 1.76. The number of aliphatic hydroxyl groups is 1. The Kier molecular flexibility index (Phi) is 4.26. The van der Waals surface area contributed by atoms with Gasteiger partial charge in [-0.25, -0.2) is 9.59 Å². The van der Waals surface area contributed by atoms with Gasteiger partial charge in [-0.15, -0.1) is 0 Å². The number of hydrogen-bond donors (Lipinski definition) is 4. The monoisotopic (exact) mass is 271 g/mol. The van der Waals surface area contributed by atoms with Gasteiger partial charge in [-0.2, -0.15) is 0 Å². The van der Waals surface area contributed by atoms with Crippen LogP contribution in [0, 0.1) is 0 Å². The van der Waals surface area contributed by atoms with Crippen molar-refractivity contribution in [2.45, 2.75) is 50.4 Å². The van der Waals surface area contributed by atoms with Crippen molar-refractivity contribution in [2.24, 2.45) is 0 Å². The van der Waals surface area contributed by atoms with Crippen LogP contribution in [0.25, 0.3) is 0 Å². The van der Waals surface area contributed by atoms with Crippen LogP contribution in [-0.2, 0) is 4.79 Å². The first-order valence-corrected chi connectivity index (χ1v) is 6.69. The second-order valence-corrected chi connectivity index (χ2v) is 5.39. The van der Waals surface area contributed by atoms with E-state index in [4.69, 9.17) is 5.11 Å². The van der Waals surface area contributed by atoms with Gasteiger partial charge in [0.2, 0.25) is 0 Å². The molecule has 0 spiro atoms. The lowest BCUT2D eigenvalue weighted by Gasteiger charge is -2.20. The molecule has 0 bridgehead atoms. The molecule has 2 fully saturated rings. The molecule has 7 nitrogen and oxygen atoms in total. The number of carboxylic acids is 1. The number of aliphatic hydroxyl groups excluding tert-OH is 1. The van der Waals surface area contributed by atoms with E-state index in [1.807, 2.05) is 0 Å². The second kappa shape index (κ2) is 5.75. The number of urea groups is 1. The molecular weight excluding hydrogens is 250 g/mol. The summed E-state index contributed by atoms with van der Waals surface area (Å²) in [6.45, 7) is 3.14. The fraction of sp³-hybridized carbons (Fsp3) is 0.833. The van der Waals surface area contributed by atoms with Crippen molar-refractivity contribution in [1.82, 2.24) is 15.5 Å². The van der Waals surface area contributed by atoms with Gasteiger partial charge in [-0.3, -0.25) is 4.90 Å². The number of nitrogens with one attached hydrogen (secondary N) is 2. The lowest BCUT2D eigenvalue weighted by molar-refractivity contribution is -0.141. The van der Waals surface area contributed by atoms with Crippen molar-refractivity contribution in [1.29, 1.82) is 0 Å². The normalized spacial score (nSPS) is 26.7. The van der Waals surface area contributed by atoms with Gasteiger partial charge >= 0.3 is 12.0 Å². The first kappa shape index (κ1) is 14.1. The fourth-order valence-corrected chi connectivity index (χ4v) is 2.43. The zero-order valence-electron chi connectivity index (χ0n) is 11.0. The Labute approximate surface area is 112 Å². The lowest BCUT2D eigenvalue weighted by atomic mass is 10.2. The van der Waals surface area contributed by atoms with E-state index in [9.17, 15) is 14.7 Å². The zero-order valence-corrected chi connectivity index (χ0v) is 11.0. The predicted molar refractivity (Wildman–Crippen MR) is 67.8 cm³/mol. The Morgan fingerprint density at radius 2 is 2.00 bits per heavy atom. The second-order valence-electron chi connectivity index (χ2n) is 5.39. The van der Waals surface area contributed by atoms with Gasteiger partial charge in [-0.05, 0) is 26.2 Å². The van der Waals surface area contributed by atoms with Crippen molar-refractivity contribution in [3.63, 3.8) is 0 Å². The smallest absolute Gasteiger partial charge is 0.328 e. The van der Waals surface area contributed by atoms with E-state index in [2.05, 4.69) is 15.5 Å². The summed E-state index contributed by atoms with van der Waals surface area (Å²) >= 11 is 0. The summed E-state index contributed by atoms with van der Waals surface area (Å²) in [6.07, 6.45) is 2.23. The van der Waals surface area contributed by atoms with E-state index >= 15 is 0 Å². The van der Waals surface area contributed by atoms with Gasteiger partial charge in [0.05, 0.1) is 6.10 Å². The SMILES string of the molecule is CC(O)C(NC(=O)NC1CCN(C2CC2)C1)C(=O)O. The molecule has 1 heterocycles. The molecule has 4 N–H and O–H groups in total. The van der Waals surface area contributed by atoms with Crippen LogP contribution in [0.3, 0.4) is 0 Å². The number of rotatable bonds is 5. The molecule has 3 atom stereocenters. The summed E-state index contributed by atoms with van der Waals surface area (Å²) < 4.78 is 0. The third-order valence-corrected chi connectivity index (χ3v) is 3.65. The molecule has 2 rings (SSSR count). The van der Waals surface area contributed by atoms with Gasteiger partial charge in [-0.1, -0.05) is 0 Å². The van der Waals surface area contributed by atoms with Crippen LogP contribution < -0.4 is 10.6 Å². The van der Waals surface area contributed by atoms with E-state index in [0.717, 1.165) is 19.5 Å². The molecule has 19 heavy (non-hydrogen) atoms. The number of hydrogen-bond acceptors (Lipinski definition) is 4. The quantitative estimate of drug-likeness (QED) is 0.532. The number of likely N-dealkylation sites (tertiary alicyclic amines) is 1. The molecule has 0 aromatic rings. The lowest BCUT2D eigenvalue weighted by Crippen LogP contribution is -2.53. The molecule has 1 saturated heterocycles. The topological polar surface area (TPSA) is 102 Å². The first-order valence-electron chi connectivity index (χ1n) is 6.69. The molecule has 1 saturated carbocycles. The maximum atomic E-state index is 11.7. The Hall–Kier alpha value is -1.34. The maximum absolute atomic E-state index is 11.7. The molecule has 2 aliphatic rings. The number of aliphatic carboxylic acids is 1. The van der Waals surface area contributed by atoms with Crippen LogP contribution in [-0.4, -0.2) is 64.4 Å². The minimum absolute atomic E-state index is 0.0593. The highest BCUT2D eigenvalue weighted by Gasteiger charge is 2.35. The van der Waals surface area contributed by atoms with Crippen LogP contribution in [0.15, 0.2) is 0 Å². The molecular formula is C12H21N3O4. The van der Waals surface area contributed by atoms with E-state index < -0.39 is 24.1 Å². The van der Waals surface area contributed by atoms with Crippen LogP contribution in [0.5, 0.6) is 0 Å². The van der Waals surface area contributed by atoms with E-state index in [1.165, 1.54) is 19.8 Å². The summed E-state index contributed by atoms with van der Waals surface area (Å²) in [7, 11) is 0. The van der Waals surface area contributed by atoms with Crippen LogP contribution in [0.1, 0.15) is 26.2 Å². The van der Waals surface area contributed by atoms with Crippen molar-refractivity contribution in [2.75, 3.05) is 13.1 Å². The Bertz CT molecular complexity index is 357. The minimum atomic E-state index is -1.28. The zero-order chi connectivity index (χ0) is 14.0. The highest BCUT2D eigenvalue weighted by atomic mass is 16.4. The number of amides is 2. The molecule has 108 valence electrons. The maximum Gasteiger partial charge on any atom is 0.328 e. The summed E-state index contributed by atoms with van der Waals surface area (Å²) in [4.78, 5) is 24.9. The molecule has 0 radical (unpaired) electrons. The number of carbonyl (C=O) groups is 2. The summed E-state index contributed by atoms with van der Waals surface area (Å²) in [6, 6.07) is -1.07. The van der Waals surface area contributed by atoms with Crippen LogP contribution in [0.2, 0.25) is 0 Å². The third-order valence-electron chi connectivity index (χ3n) is 3.65. The molecule has 1 aliphatic heterocycles. The fourth-order valence-electron chi connectivity index (χ4n) is 2.43. The first-order chi connectivity index (χ1) is 8.97. The van der Waals surface area contributed by atoms with Gasteiger partial charge in [0.1, 0.15) is 0 Å². The number of nitrogens with zero attached hydrogens (tertiary/aromatic N) is 1. The van der Waals surface area contributed by atoms with Crippen LogP contribution >= 0.6 is 0 Å². The van der Waals surface area contributed by atoms with Gasteiger partial charge in [0, 0.05) is 25.2 Å².